The quantitative estimate of drug-likeness (QED) is 0.596. The van der Waals surface area contributed by atoms with Gasteiger partial charge < -0.3 is 4.79 Å². The molecule has 0 spiro atoms. The van der Waals surface area contributed by atoms with E-state index in [9.17, 15) is 14.4 Å². The van der Waals surface area contributed by atoms with E-state index in [-0.39, 0.29) is 29.3 Å². The van der Waals surface area contributed by atoms with E-state index in [0.29, 0.717) is 24.9 Å². The van der Waals surface area contributed by atoms with Crippen molar-refractivity contribution in [3.63, 3.8) is 0 Å². The lowest BCUT2D eigenvalue weighted by Gasteiger charge is -2.26. The van der Waals surface area contributed by atoms with Crippen LogP contribution in [0.2, 0.25) is 0 Å². The predicted octanol–water partition coefficient (Wildman–Crippen LogP) is 3.19. The predicted molar refractivity (Wildman–Crippen MR) is 94.9 cm³/mol. The Morgan fingerprint density at radius 2 is 1.88 bits per heavy atom. The molecular weight excluding hydrogens is 301 g/mol. The molecule has 1 aromatic rings. The van der Waals surface area contributed by atoms with E-state index in [1.165, 1.54) is 4.90 Å². The van der Waals surface area contributed by atoms with Gasteiger partial charge in [0.15, 0.2) is 7.85 Å². The van der Waals surface area contributed by atoms with Crippen molar-refractivity contribution in [1.29, 1.82) is 0 Å². The zero-order chi connectivity index (χ0) is 18.1. The average Bonchev–Trinajstić information content (AvgIpc) is 2.81. The zero-order valence-corrected chi connectivity index (χ0v) is 14.8. The molecule has 2 radical (unpaired) electrons. The maximum absolute atomic E-state index is 12.3. The zero-order valence-electron chi connectivity index (χ0n) is 14.8. The van der Waals surface area contributed by atoms with Crippen LogP contribution in [0.5, 0.6) is 0 Å². The molecule has 1 aromatic carbocycles. The molecule has 0 bridgehead atoms. The van der Waals surface area contributed by atoms with Crippen LogP contribution >= 0.6 is 0 Å². The van der Waals surface area contributed by atoms with Crippen molar-refractivity contribution in [1.82, 2.24) is 0 Å². The maximum Gasteiger partial charge on any atom is 0.237 e. The minimum atomic E-state index is -0.576. The molecule has 2 unspecified atom stereocenters. The van der Waals surface area contributed by atoms with Crippen molar-refractivity contribution < 1.29 is 14.4 Å². The standard InChI is InChI=1S/C19H24BNO3/c1-5-13-10-16(22)21(17(13)23)15-8-6-14(7-9-15)12(2)11-19(3,4)18(20)24/h6-9,12-13H,5,10-11H2,1-4H3. The molecule has 2 rings (SSSR count). The van der Waals surface area contributed by atoms with Gasteiger partial charge in [0, 0.05) is 17.8 Å². The number of nitrogens with zero attached hydrogens (tertiary/aromatic N) is 1. The first-order valence-corrected chi connectivity index (χ1v) is 8.44. The fraction of sp³-hybridized carbons (Fsp3) is 0.526. The third-order valence-corrected chi connectivity index (χ3v) is 4.94. The Kier molecular flexibility index (Phi) is 5.31. The first kappa shape index (κ1) is 18.4. The number of carbonyl (C=O) groups is 3. The molecule has 1 saturated heterocycles. The van der Waals surface area contributed by atoms with Crippen LogP contribution in [-0.4, -0.2) is 25.3 Å². The van der Waals surface area contributed by atoms with Crippen molar-refractivity contribution in [3.8, 4) is 0 Å². The van der Waals surface area contributed by atoms with Crippen molar-refractivity contribution in [2.75, 3.05) is 4.90 Å². The number of carbonyl (C=O) groups excluding carboxylic acids is 3. The van der Waals surface area contributed by atoms with Crippen LogP contribution in [-0.2, 0) is 14.4 Å². The SMILES string of the molecule is [B]C(=O)C(C)(C)CC(C)c1ccc(N2C(=O)CC(CC)C2=O)cc1. The van der Waals surface area contributed by atoms with Crippen LogP contribution in [0.3, 0.4) is 0 Å². The molecule has 0 N–H and O–H groups in total. The number of anilines is 1. The summed E-state index contributed by atoms with van der Waals surface area (Å²) in [5, 5.41) is 0. The lowest BCUT2D eigenvalue weighted by atomic mass is 9.71. The summed E-state index contributed by atoms with van der Waals surface area (Å²) in [6.07, 6.45) is 1.61. The molecule has 1 fully saturated rings. The molecule has 24 heavy (non-hydrogen) atoms. The van der Waals surface area contributed by atoms with Crippen LogP contribution in [0.15, 0.2) is 24.3 Å². The summed E-state index contributed by atoms with van der Waals surface area (Å²) in [5.41, 5.74) is 0.781. The van der Waals surface area contributed by atoms with Crippen LogP contribution < -0.4 is 4.90 Å². The van der Waals surface area contributed by atoms with Crippen LogP contribution in [0, 0.1) is 11.3 Å². The summed E-state index contributed by atoms with van der Waals surface area (Å²) >= 11 is 0. The van der Waals surface area contributed by atoms with E-state index >= 15 is 0 Å². The first-order chi connectivity index (χ1) is 11.2. The van der Waals surface area contributed by atoms with E-state index in [0.717, 1.165) is 5.56 Å². The van der Waals surface area contributed by atoms with E-state index < -0.39 is 5.41 Å². The Hall–Kier alpha value is -1.91. The second-order valence-corrected chi connectivity index (χ2v) is 7.32. The van der Waals surface area contributed by atoms with Crippen LogP contribution in [0.1, 0.15) is 58.4 Å². The number of amides is 2. The van der Waals surface area contributed by atoms with Gasteiger partial charge in [-0.2, -0.15) is 0 Å². The summed E-state index contributed by atoms with van der Waals surface area (Å²) in [6, 6.07) is 7.43. The largest absolute Gasteiger partial charge is 0.312 e. The minimum Gasteiger partial charge on any atom is -0.312 e. The second-order valence-electron chi connectivity index (χ2n) is 7.32. The van der Waals surface area contributed by atoms with Crippen LogP contribution in [0.4, 0.5) is 5.69 Å². The summed E-state index contributed by atoms with van der Waals surface area (Å²) in [4.78, 5) is 37.1. The molecule has 5 heteroatoms. The fourth-order valence-corrected chi connectivity index (χ4v) is 3.22. The summed E-state index contributed by atoms with van der Waals surface area (Å²) in [6.45, 7) is 7.64. The molecule has 2 amide bonds. The highest BCUT2D eigenvalue weighted by Crippen LogP contribution is 2.33. The number of hydrogen-bond acceptors (Lipinski definition) is 3. The summed E-state index contributed by atoms with van der Waals surface area (Å²) in [7, 11) is 5.44. The molecule has 0 aromatic heterocycles. The second kappa shape index (κ2) is 6.92. The van der Waals surface area contributed by atoms with Gasteiger partial charge in [0.25, 0.3) is 0 Å². The number of rotatable bonds is 6. The molecule has 2 atom stereocenters. The van der Waals surface area contributed by atoms with Crippen molar-refractivity contribution in [3.05, 3.63) is 29.8 Å². The highest BCUT2D eigenvalue weighted by molar-refractivity contribution is 6.58. The molecule has 1 aliphatic rings. The van der Waals surface area contributed by atoms with E-state index in [1.807, 2.05) is 39.8 Å². The smallest absolute Gasteiger partial charge is 0.237 e. The highest BCUT2D eigenvalue weighted by atomic mass is 16.2. The molecule has 0 saturated carbocycles. The number of imide groups is 1. The summed E-state index contributed by atoms with van der Waals surface area (Å²) < 4.78 is 0. The Bertz CT molecular complexity index is 651. The third kappa shape index (κ3) is 3.60. The fourth-order valence-electron chi connectivity index (χ4n) is 3.22. The molecular formula is C19H24BNO3. The maximum atomic E-state index is 12.3. The number of benzene rings is 1. The van der Waals surface area contributed by atoms with Gasteiger partial charge in [-0.05, 0) is 36.5 Å². The van der Waals surface area contributed by atoms with E-state index in [1.54, 1.807) is 12.1 Å². The average molecular weight is 325 g/mol. The summed E-state index contributed by atoms with van der Waals surface area (Å²) in [5.74, 6) is -0.303. The van der Waals surface area contributed by atoms with Gasteiger partial charge in [-0.15, -0.1) is 0 Å². The van der Waals surface area contributed by atoms with Gasteiger partial charge in [-0.3, -0.25) is 14.5 Å². The van der Waals surface area contributed by atoms with Crippen molar-refractivity contribution >= 4 is 31.0 Å². The molecule has 4 nitrogen and oxygen atoms in total. The van der Waals surface area contributed by atoms with E-state index in [2.05, 4.69) is 0 Å². The lowest BCUT2D eigenvalue weighted by molar-refractivity contribution is -0.122. The van der Waals surface area contributed by atoms with Gasteiger partial charge in [-0.1, -0.05) is 39.8 Å². The van der Waals surface area contributed by atoms with Gasteiger partial charge in [0.2, 0.25) is 11.8 Å². The minimum absolute atomic E-state index is 0.113. The van der Waals surface area contributed by atoms with Gasteiger partial charge in [0.05, 0.1) is 11.4 Å². The Labute approximate surface area is 145 Å². The number of hydrogen-bond donors (Lipinski definition) is 0. The molecule has 0 aliphatic carbocycles. The third-order valence-electron chi connectivity index (χ3n) is 4.94. The Morgan fingerprint density at radius 1 is 1.29 bits per heavy atom. The highest BCUT2D eigenvalue weighted by Gasteiger charge is 2.38. The van der Waals surface area contributed by atoms with Crippen molar-refractivity contribution in [2.45, 2.75) is 52.9 Å². The van der Waals surface area contributed by atoms with Crippen molar-refractivity contribution in [2.24, 2.45) is 11.3 Å². The van der Waals surface area contributed by atoms with Gasteiger partial charge in [-0.25, -0.2) is 0 Å². The lowest BCUT2D eigenvalue weighted by Crippen LogP contribution is -2.30. The van der Waals surface area contributed by atoms with E-state index in [4.69, 9.17) is 7.85 Å². The first-order valence-electron chi connectivity index (χ1n) is 8.44. The van der Waals surface area contributed by atoms with Gasteiger partial charge in [0.1, 0.15) is 0 Å². The molecule has 126 valence electrons. The Morgan fingerprint density at radius 3 is 2.33 bits per heavy atom. The van der Waals surface area contributed by atoms with Crippen LogP contribution in [0.25, 0.3) is 0 Å². The normalized spacial score (nSPS) is 19.7. The van der Waals surface area contributed by atoms with Gasteiger partial charge >= 0.3 is 0 Å². The molecule has 1 aliphatic heterocycles. The topological polar surface area (TPSA) is 54.5 Å². The monoisotopic (exact) mass is 325 g/mol. The Balaban J connectivity index is 2.15. The molecule has 1 heterocycles.